The van der Waals surface area contributed by atoms with Gasteiger partial charge in [-0.3, -0.25) is 19.7 Å². The van der Waals surface area contributed by atoms with Crippen molar-refractivity contribution < 1.29 is 28.8 Å². The van der Waals surface area contributed by atoms with Gasteiger partial charge < -0.3 is 14.8 Å². The fourth-order valence-electron chi connectivity index (χ4n) is 1.76. The van der Waals surface area contributed by atoms with Gasteiger partial charge in [0.05, 0.1) is 28.4 Å². The van der Waals surface area contributed by atoms with E-state index in [1.165, 1.54) is 5.38 Å². The number of rotatable bonds is 9. The van der Waals surface area contributed by atoms with Crippen LogP contribution in [0.1, 0.15) is 36.4 Å². The molecule has 0 bridgehead atoms. The number of ether oxygens (including phenoxy) is 2. The molecule has 9 nitrogen and oxygen atoms in total. The topological polar surface area (TPSA) is 125 Å². The van der Waals surface area contributed by atoms with Crippen LogP contribution in [-0.2, 0) is 19.1 Å². The predicted molar refractivity (Wildman–Crippen MR) is 84.7 cm³/mol. The summed E-state index contributed by atoms with van der Waals surface area (Å²) in [6.07, 6.45) is -0.0565. The average Bonchev–Trinajstić information content (AvgIpc) is 3.02. The van der Waals surface area contributed by atoms with Gasteiger partial charge in [0.25, 0.3) is 11.6 Å². The third-order valence-electron chi connectivity index (χ3n) is 2.84. The maximum atomic E-state index is 12.1. The van der Waals surface area contributed by atoms with E-state index in [1.807, 2.05) is 0 Å². The van der Waals surface area contributed by atoms with Crippen LogP contribution < -0.4 is 5.32 Å². The van der Waals surface area contributed by atoms with E-state index in [2.05, 4.69) is 5.32 Å². The van der Waals surface area contributed by atoms with Gasteiger partial charge in [0, 0.05) is 12.5 Å². The third kappa shape index (κ3) is 5.95. The molecule has 1 rings (SSSR count). The minimum absolute atomic E-state index is 0.0108. The summed E-state index contributed by atoms with van der Waals surface area (Å²) >= 11 is 0.888. The molecule has 0 aliphatic carbocycles. The number of esters is 2. The Morgan fingerprint density at radius 1 is 1.29 bits per heavy atom. The molecule has 10 heteroatoms. The van der Waals surface area contributed by atoms with Crippen molar-refractivity contribution in [3.63, 3.8) is 0 Å². The van der Waals surface area contributed by atoms with Crippen LogP contribution in [0.4, 0.5) is 5.69 Å². The summed E-state index contributed by atoms with van der Waals surface area (Å²) in [5, 5.41) is 14.3. The highest BCUT2D eigenvalue weighted by Gasteiger charge is 2.25. The van der Waals surface area contributed by atoms with E-state index < -0.39 is 28.8 Å². The third-order valence-corrected chi connectivity index (χ3v) is 3.76. The zero-order chi connectivity index (χ0) is 18.1. The molecule has 0 aliphatic heterocycles. The summed E-state index contributed by atoms with van der Waals surface area (Å²) in [4.78, 5) is 45.5. The van der Waals surface area contributed by atoms with Crippen molar-refractivity contribution in [2.75, 3.05) is 13.2 Å². The predicted octanol–water partition coefficient (Wildman–Crippen LogP) is 1.66. The summed E-state index contributed by atoms with van der Waals surface area (Å²) in [5.74, 6) is -1.82. The Labute approximate surface area is 142 Å². The van der Waals surface area contributed by atoms with Gasteiger partial charge in [-0.2, -0.15) is 0 Å². The molecule has 132 valence electrons. The molecule has 1 aromatic rings. The number of nitro groups is 1. The second-order valence-electron chi connectivity index (χ2n) is 4.55. The highest BCUT2D eigenvalue weighted by Crippen LogP contribution is 2.21. The zero-order valence-corrected chi connectivity index (χ0v) is 14.1. The van der Waals surface area contributed by atoms with E-state index >= 15 is 0 Å². The summed E-state index contributed by atoms with van der Waals surface area (Å²) in [7, 11) is 0. The van der Waals surface area contributed by atoms with Gasteiger partial charge in [0.15, 0.2) is 0 Å². The van der Waals surface area contributed by atoms with Crippen molar-refractivity contribution in [2.24, 2.45) is 0 Å². The van der Waals surface area contributed by atoms with Gasteiger partial charge in [-0.15, -0.1) is 11.3 Å². The Hall–Kier alpha value is -2.49. The summed E-state index contributed by atoms with van der Waals surface area (Å²) in [5.41, 5.74) is -0.204. The normalized spacial score (nSPS) is 11.4. The number of nitrogens with zero attached hydrogens (tertiary/aromatic N) is 1. The van der Waals surface area contributed by atoms with E-state index in [4.69, 9.17) is 9.47 Å². The molecule has 0 saturated heterocycles. The van der Waals surface area contributed by atoms with Crippen molar-refractivity contribution >= 4 is 34.9 Å². The first-order valence-electron chi connectivity index (χ1n) is 7.25. The van der Waals surface area contributed by atoms with Crippen LogP contribution in [0.3, 0.4) is 0 Å². The molecular formula is C14H18N2O7S. The number of carbonyl (C=O) groups excluding carboxylic acids is 3. The van der Waals surface area contributed by atoms with E-state index in [1.54, 1.807) is 13.8 Å². The Bertz CT molecular complexity index is 614. The molecule has 0 aliphatic rings. The van der Waals surface area contributed by atoms with Crippen molar-refractivity contribution in [1.29, 1.82) is 0 Å². The number of hydrogen-bond acceptors (Lipinski definition) is 8. The molecule has 1 amide bonds. The molecule has 1 aromatic heterocycles. The van der Waals surface area contributed by atoms with Crippen LogP contribution in [0.2, 0.25) is 0 Å². The van der Waals surface area contributed by atoms with Gasteiger partial charge >= 0.3 is 11.9 Å². The van der Waals surface area contributed by atoms with E-state index in [9.17, 15) is 24.5 Å². The maximum absolute atomic E-state index is 12.1. The largest absolute Gasteiger partial charge is 0.466 e. The number of amides is 1. The van der Waals surface area contributed by atoms with Crippen molar-refractivity contribution in [3.05, 3.63) is 26.4 Å². The molecule has 0 fully saturated rings. The molecular weight excluding hydrogens is 340 g/mol. The molecule has 24 heavy (non-hydrogen) atoms. The lowest BCUT2D eigenvalue weighted by atomic mass is 10.1. The summed E-state index contributed by atoms with van der Waals surface area (Å²) < 4.78 is 9.64. The van der Waals surface area contributed by atoms with Crippen molar-refractivity contribution in [3.8, 4) is 0 Å². The number of thiophene rings is 1. The number of nitrogens with one attached hydrogen (secondary N) is 1. The molecule has 1 unspecified atom stereocenters. The Morgan fingerprint density at radius 2 is 1.96 bits per heavy atom. The van der Waals surface area contributed by atoms with E-state index in [0.717, 1.165) is 17.4 Å². The lowest BCUT2D eigenvalue weighted by Crippen LogP contribution is -2.42. The Kier molecular flexibility index (Phi) is 7.83. The SMILES string of the molecule is CCOC(=O)CCC(NC(=O)c1cc([N+](=O)[O-])cs1)C(=O)OCC. The van der Waals surface area contributed by atoms with Gasteiger partial charge in [0.2, 0.25) is 0 Å². The van der Waals surface area contributed by atoms with E-state index in [0.29, 0.717) is 0 Å². The molecule has 1 heterocycles. The van der Waals surface area contributed by atoms with Crippen LogP contribution in [0, 0.1) is 10.1 Å². The maximum Gasteiger partial charge on any atom is 0.328 e. The first-order chi connectivity index (χ1) is 11.4. The lowest BCUT2D eigenvalue weighted by molar-refractivity contribution is -0.384. The molecule has 1 N–H and O–H groups in total. The fraction of sp³-hybridized carbons (Fsp3) is 0.500. The molecule has 1 atom stereocenters. The lowest BCUT2D eigenvalue weighted by Gasteiger charge is -2.16. The second-order valence-corrected chi connectivity index (χ2v) is 5.46. The van der Waals surface area contributed by atoms with Gasteiger partial charge in [-0.25, -0.2) is 4.79 Å². The molecule has 0 radical (unpaired) electrons. The van der Waals surface area contributed by atoms with Crippen LogP contribution in [0.15, 0.2) is 11.4 Å². The molecule has 0 saturated carbocycles. The van der Waals surface area contributed by atoms with Crippen molar-refractivity contribution in [1.82, 2.24) is 5.32 Å². The number of carbonyl (C=O) groups is 3. The highest BCUT2D eigenvalue weighted by atomic mass is 32.1. The second kappa shape index (κ2) is 9.60. The monoisotopic (exact) mass is 358 g/mol. The van der Waals surface area contributed by atoms with Gasteiger partial charge in [-0.05, 0) is 20.3 Å². The first-order valence-corrected chi connectivity index (χ1v) is 8.13. The Balaban J connectivity index is 2.74. The van der Waals surface area contributed by atoms with Crippen molar-refractivity contribution in [2.45, 2.75) is 32.7 Å². The van der Waals surface area contributed by atoms with Gasteiger partial charge in [-0.1, -0.05) is 0 Å². The zero-order valence-electron chi connectivity index (χ0n) is 13.3. The quantitative estimate of drug-likeness (QED) is 0.404. The first kappa shape index (κ1) is 19.6. The van der Waals surface area contributed by atoms with Crippen LogP contribution in [-0.4, -0.2) is 42.0 Å². The fourth-order valence-corrected chi connectivity index (χ4v) is 2.51. The van der Waals surface area contributed by atoms with E-state index in [-0.39, 0.29) is 36.6 Å². The summed E-state index contributed by atoms with van der Waals surface area (Å²) in [6.45, 7) is 3.61. The van der Waals surface area contributed by atoms with Crippen LogP contribution >= 0.6 is 11.3 Å². The molecule has 0 spiro atoms. The minimum Gasteiger partial charge on any atom is -0.466 e. The van der Waals surface area contributed by atoms with Crippen LogP contribution in [0.25, 0.3) is 0 Å². The summed E-state index contributed by atoms with van der Waals surface area (Å²) in [6, 6.07) is 0.0797. The van der Waals surface area contributed by atoms with Gasteiger partial charge in [0.1, 0.15) is 6.04 Å². The average molecular weight is 358 g/mol. The van der Waals surface area contributed by atoms with Crippen LogP contribution in [0.5, 0.6) is 0 Å². The standard InChI is InChI=1S/C14H18N2O7S/c1-3-22-12(17)6-5-10(14(19)23-4-2)15-13(18)11-7-9(8-24-11)16(20)21/h7-8,10H,3-6H2,1-2H3,(H,15,18). The molecule has 0 aromatic carbocycles. The number of hydrogen-bond donors (Lipinski definition) is 1. The smallest absolute Gasteiger partial charge is 0.328 e. The minimum atomic E-state index is -1.04. The Morgan fingerprint density at radius 3 is 2.50 bits per heavy atom. The highest BCUT2D eigenvalue weighted by molar-refractivity contribution is 7.12.